The summed E-state index contributed by atoms with van der Waals surface area (Å²) in [5.74, 6) is 8.05. The molecule has 0 amide bonds. The predicted molar refractivity (Wildman–Crippen MR) is 108 cm³/mol. The Hall–Kier alpha value is -2.67. The van der Waals surface area contributed by atoms with Gasteiger partial charge in [-0.05, 0) is 56.4 Å². The first kappa shape index (κ1) is 20.1. The molecule has 0 saturated carbocycles. The maximum Gasteiger partial charge on any atom is 0.313 e. The van der Waals surface area contributed by atoms with E-state index in [4.69, 9.17) is 13.9 Å². The fraction of sp³-hybridized carbons (Fsp3) is 0.458. The van der Waals surface area contributed by atoms with Crippen LogP contribution in [0.15, 0.2) is 34.7 Å². The van der Waals surface area contributed by atoms with Crippen molar-refractivity contribution < 1.29 is 18.7 Å². The highest BCUT2D eigenvalue weighted by Gasteiger charge is 2.38. The van der Waals surface area contributed by atoms with Crippen molar-refractivity contribution >= 4 is 5.97 Å². The van der Waals surface area contributed by atoms with Crippen molar-refractivity contribution in [1.29, 1.82) is 0 Å². The van der Waals surface area contributed by atoms with E-state index in [0.29, 0.717) is 18.1 Å². The van der Waals surface area contributed by atoms with E-state index in [0.717, 1.165) is 25.0 Å². The van der Waals surface area contributed by atoms with Crippen molar-refractivity contribution in [3.63, 3.8) is 0 Å². The lowest BCUT2D eigenvalue weighted by Crippen LogP contribution is -2.37. The van der Waals surface area contributed by atoms with Gasteiger partial charge in [0.2, 0.25) is 0 Å². The molecule has 0 radical (unpaired) electrons. The first-order valence-corrected chi connectivity index (χ1v) is 10.0. The quantitative estimate of drug-likeness (QED) is 0.544. The maximum absolute atomic E-state index is 11.6. The van der Waals surface area contributed by atoms with E-state index in [-0.39, 0.29) is 23.9 Å². The van der Waals surface area contributed by atoms with Gasteiger partial charge in [-0.1, -0.05) is 31.9 Å². The molecule has 2 heterocycles. The highest BCUT2D eigenvalue weighted by atomic mass is 16.5. The Bertz CT molecular complexity index is 893. The van der Waals surface area contributed by atoms with E-state index in [1.807, 2.05) is 0 Å². The molecule has 1 aromatic heterocycles. The maximum atomic E-state index is 11.6. The van der Waals surface area contributed by atoms with E-state index in [9.17, 15) is 4.79 Å². The number of benzene rings is 1. The summed E-state index contributed by atoms with van der Waals surface area (Å²) in [7, 11) is 0. The van der Waals surface area contributed by atoms with Crippen LogP contribution in [0, 0.1) is 18.8 Å². The average Bonchev–Trinajstić information content (AvgIpc) is 3.12. The molecule has 0 saturated heterocycles. The van der Waals surface area contributed by atoms with Gasteiger partial charge < -0.3 is 13.9 Å². The van der Waals surface area contributed by atoms with Crippen molar-refractivity contribution in [2.45, 2.75) is 64.9 Å². The first-order valence-electron chi connectivity index (χ1n) is 10.0. The number of ether oxygens (including phenoxy) is 2. The monoisotopic (exact) mass is 380 g/mol. The number of fused-ring (bicyclic) bond motifs is 1. The molecular formula is C24H28O4. The number of carbonyl (C=O) groups excluding carboxylic acids is 1. The second kappa shape index (κ2) is 8.56. The zero-order chi connectivity index (χ0) is 20.1. The third kappa shape index (κ3) is 4.25. The second-order valence-corrected chi connectivity index (χ2v) is 7.31. The molecule has 0 fully saturated rings. The van der Waals surface area contributed by atoms with Gasteiger partial charge >= 0.3 is 5.97 Å². The molecule has 1 aromatic carbocycles. The minimum Gasteiger partial charge on any atom is -0.477 e. The molecule has 1 aliphatic rings. The topological polar surface area (TPSA) is 48.7 Å². The summed E-state index contributed by atoms with van der Waals surface area (Å²) in [5, 5.41) is 0. The van der Waals surface area contributed by atoms with Crippen molar-refractivity contribution in [1.82, 2.24) is 0 Å². The van der Waals surface area contributed by atoms with Gasteiger partial charge in [-0.15, -0.1) is 0 Å². The van der Waals surface area contributed by atoms with Gasteiger partial charge in [-0.2, -0.15) is 0 Å². The van der Waals surface area contributed by atoms with Gasteiger partial charge in [0.05, 0.1) is 6.61 Å². The van der Waals surface area contributed by atoms with Crippen LogP contribution in [0.4, 0.5) is 0 Å². The smallest absolute Gasteiger partial charge is 0.313 e. The molecule has 4 nitrogen and oxygen atoms in total. The molecule has 1 aliphatic heterocycles. The van der Waals surface area contributed by atoms with E-state index < -0.39 is 0 Å². The van der Waals surface area contributed by atoms with Gasteiger partial charge in [0, 0.05) is 17.4 Å². The van der Waals surface area contributed by atoms with Crippen LogP contribution in [-0.2, 0) is 21.4 Å². The molecular weight excluding hydrogens is 352 g/mol. The number of hydrogen-bond acceptors (Lipinski definition) is 4. The van der Waals surface area contributed by atoms with Crippen LogP contribution in [0.3, 0.4) is 0 Å². The van der Waals surface area contributed by atoms with Crippen LogP contribution in [-0.4, -0.2) is 18.7 Å². The van der Waals surface area contributed by atoms with Gasteiger partial charge in [-0.25, -0.2) is 0 Å². The fourth-order valence-electron chi connectivity index (χ4n) is 3.87. The number of rotatable bonds is 5. The van der Waals surface area contributed by atoms with Gasteiger partial charge in [0.15, 0.2) is 11.9 Å². The normalized spacial score (nSPS) is 17.1. The zero-order valence-electron chi connectivity index (χ0n) is 17.1. The molecule has 28 heavy (non-hydrogen) atoms. The van der Waals surface area contributed by atoms with Gasteiger partial charge in [-0.3, -0.25) is 4.79 Å². The number of hydrogen-bond donors (Lipinski definition) is 0. The van der Waals surface area contributed by atoms with E-state index >= 15 is 0 Å². The highest BCUT2D eigenvalue weighted by molar-refractivity contribution is 5.71. The molecule has 0 N–H and O–H groups in total. The van der Waals surface area contributed by atoms with Gasteiger partial charge in [0.1, 0.15) is 17.9 Å². The average molecular weight is 380 g/mol. The summed E-state index contributed by atoms with van der Waals surface area (Å²) in [4.78, 5) is 11.6. The molecule has 148 valence electrons. The molecule has 4 heteroatoms. The van der Waals surface area contributed by atoms with Crippen LogP contribution >= 0.6 is 0 Å². The lowest BCUT2D eigenvalue weighted by atomic mass is 9.70. The summed E-state index contributed by atoms with van der Waals surface area (Å²) in [6, 6.07) is 10.0. The fourth-order valence-corrected chi connectivity index (χ4v) is 3.87. The number of aryl methyl sites for hydroxylation is 1. The van der Waals surface area contributed by atoms with Crippen molar-refractivity contribution in [2.24, 2.45) is 0 Å². The molecule has 3 rings (SSSR count). The Kier molecular flexibility index (Phi) is 6.14. The van der Waals surface area contributed by atoms with Crippen LogP contribution < -0.4 is 4.74 Å². The Balaban J connectivity index is 1.79. The van der Waals surface area contributed by atoms with Crippen molar-refractivity contribution in [3.8, 4) is 17.6 Å². The summed E-state index contributed by atoms with van der Waals surface area (Å²) in [6.07, 6.45) is 2.89. The second-order valence-electron chi connectivity index (χ2n) is 7.31. The van der Waals surface area contributed by atoms with Crippen LogP contribution in [0.2, 0.25) is 0 Å². The number of esters is 1. The third-order valence-electron chi connectivity index (χ3n) is 5.55. The summed E-state index contributed by atoms with van der Waals surface area (Å²) in [5.41, 5.74) is 2.55. The Morgan fingerprint density at radius 1 is 1.21 bits per heavy atom. The lowest BCUT2D eigenvalue weighted by Gasteiger charge is -2.40. The number of furan rings is 1. The van der Waals surface area contributed by atoms with E-state index in [1.54, 1.807) is 19.1 Å². The summed E-state index contributed by atoms with van der Waals surface area (Å²) >= 11 is 0. The van der Waals surface area contributed by atoms with E-state index in [2.05, 4.69) is 50.8 Å². The van der Waals surface area contributed by atoms with E-state index in [1.165, 1.54) is 11.1 Å². The summed E-state index contributed by atoms with van der Waals surface area (Å²) in [6.45, 7) is 8.69. The number of carbonyl (C=O) groups is 1. The zero-order valence-corrected chi connectivity index (χ0v) is 17.1. The third-order valence-corrected chi connectivity index (χ3v) is 5.55. The van der Waals surface area contributed by atoms with Crippen LogP contribution in [0.25, 0.3) is 0 Å². The molecule has 1 atom stereocenters. The van der Waals surface area contributed by atoms with Crippen molar-refractivity contribution in [3.05, 3.63) is 53.0 Å². The molecule has 0 aliphatic carbocycles. The Morgan fingerprint density at radius 3 is 2.71 bits per heavy atom. The molecule has 1 unspecified atom stereocenters. The minimum atomic E-state index is -0.297. The Labute approximate surface area is 167 Å². The van der Waals surface area contributed by atoms with Crippen molar-refractivity contribution in [2.75, 3.05) is 6.61 Å². The molecule has 2 aromatic rings. The van der Waals surface area contributed by atoms with Crippen LogP contribution in [0.1, 0.15) is 62.7 Å². The molecule has 0 spiro atoms. The SMILES string of the molecule is CCOC(=O)Cc1ccc(C#CC2CC(CC)(CC)c3ccc(C)cc3O2)o1. The molecule has 0 bridgehead atoms. The standard InChI is InChI=1S/C24H28O4/c1-5-24(6-2)16-20(28-22-14-17(4)8-13-21(22)24)12-10-18-9-11-19(27-18)15-23(25)26-7-3/h8-9,11,13-14,20H,5-7,15-16H2,1-4H3. The lowest BCUT2D eigenvalue weighted by molar-refractivity contribution is -0.142. The van der Waals surface area contributed by atoms with Crippen LogP contribution in [0.5, 0.6) is 5.75 Å². The van der Waals surface area contributed by atoms with Gasteiger partial charge in [0.25, 0.3) is 0 Å². The first-order chi connectivity index (χ1) is 13.5. The minimum absolute atomic E-state index is 0.0822. The summed E-state index contributed by atoms with van der Waals surface area (Å²) < 4.78 is 16.8. The Morgan fingerprint density at radius 2 is 2.00 bits per heavy atom. The largest absolute Gasteiger partial charge is 0.477 e. The predicted octanol–water partition coefficient (Wildman–Crippen LogP) is 4.95. The highest BCUT2D eigenvalue weighted by Crippen LogP contribution is 2.45.